The van der Waals surface area contributed by atoms with Crippen molar-refractivity contribution in [1.29, 1.82) is 0 Å². The summed E-state index contributed by atoms with van der Waals surface area (Å²) in [6, 6.07) is 0. The number of allylic oxidation sites excluding steroid dienone is 4. The van der Waals surface area contributed by atoms with Crippen LogP contribution in [0.4, 0.5) is 0 Å². The molecule has 1 aromatic rings. The van der Waals surface area contributed by atoms with Gasteiger partial charge in [-0.1, -0.05) is 63.3 Å². The third-order valence-corrected chi connectivity index (χ3v) is 10.7. The highest BCUT2D eigenvalue weighted by molar-refractivity contribution is 5.70. The van der Waals surface area contributed by atoms with E-state index >= 15 is 0 Å². The number of carbonyl (C=O) groups is 3. The second-order valence-corrected chi connectivity index (χ2v) is 14.8. The quantitative estimate of drug-likeness (QED) is 0.0481. The summed E-state index contributed by atoms with van der Waals surface area (Å²) in [7, 11) is 0. The molecule has 1 unspecified atom stereocenters. The van der Waals surface area contributed by atoms with Crippen molar-refractivity contribution < 1.29 is 28.6 Å². The van der Waals surface area contributed by atoms with Gasteiger partial charge in [-0.3, -0.25) is 14.4 Å². The summed E-state index contributed by atoms with van der Waals surface area (Å²) in [6.45, 7) is 2.42. The van der Waals surface area contributed by atoms with Crippen molar-refractivity contribution in [3.05, 3.63) is 42.5 Å². The van der Waals surface area contributed by atoms with Gasteiger partial charge in [0.25, 0.3) is 0 Å². The number of aromatic nitrogens is 2. The first kappa shape index (κ1) is 37.9. The molecule has 0 radical (unpaired) electrons. The summed E-state index contributed by atoms with van der Waals surface area (Å²) < 4.78 is 16.8. The van der Waals surface area contributed by atoms with Gasteiger partial charge >= 0.3 is 17.9 Å². The number of unbranched alkanes of at least 4 members (excludes halogenated alkanes) is 8. The molecule has 1 N–H and O–H groups in total. The van der Waals surface area contributed by atoms with Crippen LogP contribution in [0, 0.1) is 35.5 Å². The Bertz CT molecular complexity index is 1100. The van der Waals surface area contributed by atoms with Crippen LogP contribution in [0.2, 0.25) is 0 Å². The predicted molar refractivity (Wildman–Crippen MR) is 188 cm³/mol. The minimum atomic E-state index is -0.393. The number of rotatable bonds is 25. The molecule has 1 heterocycles. The maximum atomic E-state index is 13.0. The highest BCUT2D eigenvalue weighted by Crippen LogP contribution is 2.57. The summed E-state index contributed by atoms with van der Waals surface area (Å²) in [5, 5.41) is 0. The Labute approximate surface area is 289 Å². The number of aryl methyl sites for hydroxylation is 1. The second-order valence-electron chi connectivity index (χ2n) is 14.8. The SMILES string of the molecule is CCCCC/C=C\C/C=C\CCCCCCCC(=O)OCC(COC(=O)CCc1c[nH]cn1)COC(=O)CC1C2CC3CC(C2)CC1C3. The third kappa shape index (κ3) is 14.3. The van der Waals surface area contributed by atoms with Crippen LogP contribution in [-0.4, -0.2) is 47.7 Å². The molecule has 1 aromatic heterocycles. The first-order valence-corrected chi connectivity index (χ1v) is 19.2. The molecular formula is C40H62N2O6. The van der Waals surface area contributed by atoms with Crippen LogP contribution in [0.1, 0.15) is 135 Å². The van der Waals surface area contributed by atoms with E-state index in [0.29, 0.717) is 37.0 Å². The molecule has 0 aliphatic heterocycles. The van der Waals surface area contributed by atoms with E-state index in [9.17, 15) is 14.4 Å². The van der Waals surface area contributed by atoms with E-state index in [4.69, 9.17) is 14.2 Å². The van der Waals surface area contributed by atoms with E-state index in [0.717, 1.165) is 56.1 Å². The molecule has 4 fully saturated rings. The van der Waals surface area contributed by atoms with Crippen molar-refractivity contribution in [3.8, 4) is 0 Å². The number of ether oxygens (including phenoxy) is 3. The van der Waals surface area contributed by atoms with Gasteiger partial charge in [0.15, 0.2) is 0 Å². The smallest absolute Gasteiger partial charge is 0.306 e. The lowest BCUT2D eigenvalue weighted by atomic mass is 9.51. The van der Waals surface area contributed by atoms with Crippen LogP contribution in [0.5, 0.6) is 0 Å². The number of carbonyl (C=O) groups excluding carboxylic acids is 3. The van der Waals surface area contributed by atoms with E-state index in [1.54, 1.807) is 12.5 Å². The summed E-state index contributed by atoms with van der Waals surface area (Å²) in [4.78, 5) is 44.9. The highest BCUT2D eigenvalue weighted by atomic mass is 16.6. The molecule has 1 atom stereocenters. The lowest BCUT2D eigenvalue weighted by Crippen LogP contribution is -2.45. The zero-order valence-corrected chi connectivity index (χ0v) is 29.6. The number of esters is 3. The molecule has 4 aliphatic carbocycles. The minimum absolute atomic E-state index is 0.0433. The molecular weight excluding hydrogens is 604 g/mol. The Morgan fingerprint density at radius 1 is 0.750 bits per heavy atom. The number of hydrogen-bond acceptors (Lipinski definition) is 7. The van der Waals surface area contributed by atoms with E-state index < -0.39 is 5.92 Å². The van der Waals surface area contributed by atoms with Gasteiger partial charge in [-0.25, -0.2) is 4.98 Å². The maximum Gasteiger partial charge on any atom is 0.306 e. The van der Waals surface area contributed by atoms with Gasteiger partial charge in [0.1, 0.15) is 19.8 Å². The molecule has 8 nitrogen and oxygen atoms in total. The molecule has 0 aromatic carbocycles. The number of aromatic amines is 1. The van der Waals surface area contributed by atoms with Crippen molar-refractivity contribution in [2.75, 3.05) is 19.8 Å². The van der Waals surface area contributed by atoms with E-state index in [1.807, 2.05) is 0 Å². The molecule has 268 valence electrons. The van der Waals surface area contributed by atoms with Crippen LogP contribution in [-0.2, 0) is 35.0 Å². The first-order chi connectivity index (χ1) is 23.5. The number of hydrogen-bond donors (Lipinski definition) is 1. The van der Waals surface area contributed by atoms with Crippen LogP contribution >= 0.6 is 0 Å². The van der Waals surface area contributed by atoms with Crippen molar-refractivity contribution in [2.24, 2.45) is 35.5 Å². The Hall–Kier alpha value is -2.90. The fraction of sp³-hybridized carbons (Fsp3) is 0.750. The van der Waals surface area contributed by atoms with Crippen molar-refractivity contribution in [2.45, 2.75) is 135 Å². The van der Waals surface area contributed by atoms with Gasteiger partial charge in [-0.05, 0) is 100 Å². The summed E-state index contributed by atoms with van der Waals surface area (Å²) in [5.41, 5.74) is 0.796. The standard InChI is InChI=1S/C40H62N2O6/c1-2-3-4-5-6-7-8-9-10-11-12-13-14-15-16-17-38(43)46-27-33(28-47-39(44)19-18-36-26-41-30-42-36)29-48-40(45)25-37-34-21-31-20-32(23-34)24-35(37)22-31/h6-7,9-10,26,30-35,37H,2-5,8,11-25,27-29H2,1H3,(H,41,42)/b7-6-,10-9-. The van der Waals surface area contributed by atoms with Gasteiger partial charge in [-0.15, -0.1) is 0 Å². The molecule has 0 amide bonds. The Kier molecular flexibility index (Phi) is 17.3. The summed E-state index contributed by atoms with van der Waals surface area (Å²) >= 11 is 0. The number of H-pyrrole nitrogens is 1. The Morgan fingerprint density at radius 2 is 1.33 bits per heavy atom. The molecule has 4 bridgehead atoms. The van der Waals surface area contributed by atoms with Gasteiger partial charge < -0.3 is 19.2 Å². The molecule has 4 saturated carbocycles. The maximum absolute atomic E-state index is 13.0. The average molecular weight is 667 g/mol. The predicted octanol–water partition coefficient (Wildman–Crippen LogP) is 8.86. The van der Waals surface area contributed by atoms with E-state index in [1.165, 1.54) is 64.2 Å². The van der Waals surface area contributed by atoms with Crippen molar-refractivity contribution in [3.63, 3.8) is 0 Å². The topological polar surface area (TPSA) is 108 Å². The molecule has 5 rings (SSSR count). The molecule has 4 aliphatic rings. The largest absolute Gasteiger partial charge is 0.465 e. The molecule has 8 heteroatoms. The highest BCUT2D eigenvalue weighted by Gasteiger charge is 2.48. The monoisotopic (exact) mass is 666 g/mol. The van der Waals surface area contributed by atoms with Crippen LogP contribution in [0.15, 0.2) is 36.8 Å². The van der Waals surface area contributed by atoms with Crippen LogP contribution in [0.25, 0.3) is 0 Å². The Balaban J connectivity index is 1.09. The van der Waals surface area contributed by atoms with Crippen LogP contribution in [0.3, 0.4) is 0 Å². The number of nitrogens with one attached hydrogen (secondary N) is 1. The second kappa shape index (κ2) is 21.9. The fourth-order valence-electron chi connectivity index (χ4n) is 8.28. The summed E-state index contributed by atoms with van der Waals surface area (Å²) in [5.74, 6) is 2.32. The van der Waals surface area contributed by atoms with Crippen LogP contribution < -0.4 is 0 Å². The fourth-order valence-corrected chi connectivity index (χ4v) is 8.28. The molecule has 0 spiro atoms. The lowest BCUT2D eigenvalue weighted by Gasteiger charge is -2.54. The molecule has 48 heavy (non-hydrogen) atoms. The third-order valence-electron chi connectivity index (χ3n) is 10.7. The average Bonchev–Trinajstić information content (AvgIpc) is 3.60. The molecule has 0 saturated heterocycles. The van der Waals surface area contributed by atoms with Crippen molar-refractivity contribution >= 4 is 17.9 Å². The van der Waals surface area contributed by atoms with Gasteiger partial charge in [0.2, 0.25) is 0 Å². The summed E-state index contributed by atoms with van der Waals surface area (Å²) in [6.07, 6.45) is 32.9. The van der Waals surface area contributed by atoms with E-state index in [2.05, 4.69) is 41.2 Å². The van der Waals surface area contributed by atoms with Gasteiger partial charge in [0, 0.05) is 25.5 Å². The number of nitrogens with zero attached hydrogens (tertiary/aromatic N) is 1. The Morgan fingerprint density at radius 3 is 1.96 bits per heavy atom. The number of imidazole rings is 1. The van der Waals surface area contributed by atoms with Gasteiger partial charge in [0.05, 0.1) is 24.4 Å². The van der Waals surface area contributed by atoms with Crippen molar-refractivity contribution in [1.82, 2.24) is 9.97 Å². The first-order valence-electron chi connectivity index (χ1n) is 19.2. The normalized spacial score (nSPS) is 23.6. The van der Waals surface area contributed by atoms with Gasteiger partial charge in [-0.2, -0.15) is 0 Å². The zero-order chi connectivity index (χ0) is 33.8. The van der Waals surface area contributed by atoms with E-state index in [-0.39, 0.29) is 44.1 Å². The lowest BCUT2D eigenvalue weighted by molar-refractivity contribution is -0.155. The minimum Gasteiger partial charge on any atom is -0.465 e. The zero-order valence-electron chi connectivity index (χ0n) is 29.6.